The minimum absolute atomic E-state index is 0.0138. The number of carbonyl (C=O) groups excluding carboxylic acids is 1. The van der Waals surface area contributed by atoms with Gasteiger partial charge in [0, 0.05) is 24.7 Å². The van der Waals surface area contributed by atoms with Gasteiger partial charge in [-0.15, -0.1) is 5.10 Å². The molecule has 3 heterocycles. The fraction of sp³-hybridized carbons (Fsp3) is 0.529. The second-order valence-electron chi connectivity index (χ2n) is 7.32. The van der Waals surface area contributed by atoms with E-state index in [1.54, 1.807) is 12.1 Å². The highest BCUT2D eigenvalue weighted by Gasteiger charge is 2.20. The molecule has 1 fully saturated rings. The highest BCUT2D eigenvalue weighted by molar-refractivity contribution is 5.75. The fourth-order valence-electron chi connectivity index (χ4n) is 2.46. The van der Waals surface area contributed by atoms with Crippen LogP contribution in [0.4, 0.5) is 11.9 Å². The third kappa shape index (κ3) is 5.71. The molecule has 0 unspecified atom stereocenters. The lowest BCUT2D eigenvalue weighted by atomic mass is 10.1. The Morgan fingerprint density at radius 1 is 1.21 bits per heavy atom. The summed E-state index contributed by atoms with van der Waals surface area (Å²) in [4.78, 5) is 26.2. The van der Waals surface area contributed by atoms with Crippen LogP contribution in [0.2, 0.25) is 0 Å². The maximum Gasteiger partial charge on any atom is 0.330 e. The van der Waals surface area contributed by atoms with Crippen LogP contribution >= 0.6 is 0 Å². The standard InChI is InChI=1S/C17H24N8O3/c1-17(2,3)22-14-19-15(25-6-8-27-9-7-25)21-16(20-14)28-13-5-4-11(23-24-13)10-12(18)26/h4-5H,6-10H2,1-3H3,(H2,18,26)(H,19,20,21,22). The van der Waals surface area contributed by atoms with Gasteiger partial charge in [0.1, 0.15) is 0 Å². The van der Waals surface area contributed by atoms with Crippen molar-refractivity contribution in [2.75, 3.05) is 36.5 Å². The lowest BCUT2D eigenvalue weighted by molar-refractivity contribution is -0.117. The topological polar surface area (TPSA) is 141 Å². The summed E-state index contributed by atoms with van der Waals surface area (Å²) in [5.41, 5.74) is 5.37. The van der Waals surface area contributed by atoms with Crippen LogP contribution in [0.1, 0.15) is 26.5 Å². The van der Waals surface area contributed by atoms with Crippen molar-refractivity contribution in [3.63, 3.8) is 0 Å². The fourth-order valence-corrected chi connectivity index (χ4v) is 2.46. The van der Waals surface area contributed by atoms with Gasteiger partial charge in [0.15, 0.2) is 0 Å². The van der Waals surface area contributed by atoms with Crippen molar-refractivity contribution in [2.24, 2.45) is 5.73 Å². The molecule has 3 rings (SSSR count). The second-order valence-corrected chi connectivity index (χ2v) is 7.32. The van der Waals surface area contributed by atoms with Crippen LogP contribution in [0, 0.1) is 0 Å². The summed E-state index contributed by atoms with van der Waals surface area (Å²) in [7, 11) is 0. The van der Waals surface area contributed by atoms with Crippen molar-refractivity contribution in [3.05, 3.63) is 17.8 Å². The van der Waals surface area contributed by atoms with E-state index in [1.165, 1.54) is 0 Å². The van der Waals surface area contributed by atoms with E-state index in [0.717, 1.165) is 0 Å². The molecule has 2 aromatic rings. The third-order valence-corrected chi connectivity index (χ3v) is 3.63. The van der Waals surface area contributed by atoms with E-state index in [2.05, 4.69) is 30.5 Å². The molecule has 0 radical (unpaired) electrons. The first-order valence-electron chi connectivity index (χ1n) is 8.94. The number of carbonyl (C=O) groups is 1. The second kappa shape index (κ2) is 8.30. The summed E-state index contributed by atoms with van der Waals surface area (Å²) in [5.74, 6) is 0.623. The number of morpholine rings is 1. The SMILES string of the molecule is CC(C)(C)Nc1nc(Oc2ccc(CC(N)=O)nn2)nc(N2CCOCC2)n1. The summed E-state index contributed by atoms with van der Waals surface area (Å²) in [5, 5.41) is 11.1. The van der Waals surface area contributed by atoms with Crippen molar-refractivity contribution in [2.45, 2.75) is 32.7 Å². The Balaban J connectivity index is 1.83. The Bertz CT molecular complexity index is 816. The van der Waals surface area contributed by atoms with E-state index in [9.17, 15) is 4.79 Å². The van der Waals surface area contributed by atoms with Gasteiger partial charge in [0.2, 0.25) is 23.7 Å². The molecule has 11 nitrogen and oxygen atoms in total. The van der Waals surface area contributed by atoms with E-state index in [1.807, 2.05) is 25.7 Å². The molecule has 1 saturated heterocycles. The predicted octanol–water partition coefficient (Wildman–Crippen LogP) is 0.529. The molecule has 28 heavy (non-hydrogen) atoms. The molecule has 2 aromatic heterocycles. The number of anilines is 2. The van der Waals surface area contributed by atoms with E-state index >= 15 is 0 Å². The Morgan fingerprint density at radius 2 is 1.96 bits per heavy atom. The number of amides is 1. The van der Waals surface area contributed by atoms with E-state index < -0.39 is 5.91 Å². The van der Waals surface area contributed by atoms with E-state index in [4.69, 9.17) is 15.2 Å². The maximum atomic E-state index is 11.0. The van der Waals surface area contributed by atoms with Crippen LogP contribution in [-0.2, 0) is 16.0 Å². The van der Waals surface area contributed by atoms with Gasteiger partial charge in [0.05, 0.1) is 25.3 Å². The Morgan fingerprint density at radius 3 is 2.57 bits per heavy atom. The quantitative estimate of drug-likeness (QED) is 0.719. The predicted molar refractivity (Wildman–Crippen MR) is 101 cm³/mol. The largest absolute Gasteiger partial charge is 0.403 e. The molecule has 0 atom stereocenters. The lowest BCUT2D eigenvalue weighted by Crippen LogP contribution is -2.38. The molecule has 0 aromatic carbocycles. The van der Waals surface area contributed by atoms with Crippen molar-refractivity contribution < 1.29 is 14.3 Å². The zero-order valence-electron chi connectivity index (χ0n) is 16.2. The van der Waals surface area contributed by atoms with Crippen LogP contribution in [0.15, 0.2) is 12.1 Å². The summed E-state index contributed by atoms with van der Waals surface area (Å²) in [6.07, 6.45) is 0.0138. The minimum atomic E-state index is -0.478. The summed E-state index contributed by atoms with van der Waals surface area (Å²) >= 11 is 0. The molecule has 0 saturated carbocycles. The number of rotatable bonds is 6. The van der Waals surface area contributed by atoms with Crippen molar-refractivity contribution in [1.29, 1.82) is 0 Å². The minimum Gasteiger partial charge on any atom is -0.403 e. The zero-order valence-corrected chi connectivity index (χ0v) is 16.2. The first-order valence-corrected chi connectivity index (χ1v) is 8.94. The van der Waals surface area contributed by atoms with Crippen LogP contribution in [0.25, 0.3) is 0 Å². The number of nitrogens with one attached hydrogen (secondary N) is 1. The smallest absolute Gasteiger partial charge is 0.330 e. The number of hydrogen-bond donors (Lipinski definition) is 2. The molecule has 0 aliphatic carbocycles. The molecule has 1 amide bonds. The first-order chi connectivity index (χ1) is 13.3. The lowest BCUT2D eigenvalue weighted by Gasteiger charge is -2.27. The van der Waals surface area contributed by atoms with Gasteiger partial charge in [-0.1, -0.05) is 0 Å². The van der Waals surface area contributed by atoms with Gasteiger partial charge in [-0.25, -0.2) is 0 Å². The Kier molecular flexibility index (Phi) is 5.83. The van der Waals surface area contributed by atoms with Gasteiger partial charge < -0.3 is 25.4 Å². The monoisotopic (exact) mass is 388 g/mol. The summed E-state index contributed by atoms with van der Waals surface area (Å²) < 4.78 is 11.1. The van der Waals surface area contributed by atoms with Crippen molar-refractivity contribution in [3.8, 4) is 11.9 Å². The van der Waals surface area contributed by atoms with Gasteiger partial charge in [-0.3, -0.25) is 4.79 Å². The molecule has 150 valence electrons. The van der Waals surface area contributed by atoms with Crippen LogP contribution in [0.5, 0.6) is 11.9 Å². The summed E-state index contributed by atoms with van der Waals surface area (Å²) in [6, 6.07) is 3.30. The molecule has 11 heteroatoms. The molecular formula is C17H24N8O3. The van der Waals surface area contributed by atoms with Gasteiger partial charge >= 0.3 is 6.01 Å². The average molecular weight is 388 g/mol. The van der Waals surface area contributed by atoms with Crippen molar-refractivity contribution >= 4 is 17.8 Å². The molecule has 0 bridgehead atoms. The summed E-state index contributed by atoms with van der Waals surface area (Å²) in [6.45, 7) is 8.60. The third-order valence-electron chi connectivity index (χ3n) is 3.63. The molecule has 1 aliphatic rings. The number of nitrogens with two attached hydrogens (primary N) is 1. The normalized spacial score (nSPS) is 14.6. The zero-order chi connectivity index (χ0) is 20.1. The highest BCUT2D eigenvalue weighted by Crippen LogP contribution is 2.21. The van der Waals surface area contributed by atoms with Crippen LogP contribution < -0.4 is 20.7 Å². The molecule has 1 aliphatic heterocycles. The first kappa shape index (κ1) is 19.7. The number of primary amides is 1. The van der Waals surface area contributed by atoms with Gasteiger partial charge in [-0.2, -0.15) is 20.1 Å². The van der Waals surface area contributed by atoms with E-state index in [0.29, 0.717) is 43.9 Å². The Labute approximate surface area is 162 Å². The van der Waals surface area contributed by atoms with Crippen molar-refractivity contribution in [1.82, 2.24) is 25.1 Å². The molecule has 3 N–H and O–H groups in total. The Hall–Kier alpha value is -3.08. The van der Waals surface area contributed by atoms with E-state index in [-0.39, 0.29) is 23.9 Å². The number of aromatic nitrogens is 5. The molecular weight excluding hydrogens is 364 g/mol. The van der Waals surface area contributed by atoms with Gasteiger partial charge in [0.25, 0.3) is 0 Å². The van der Waals surface area contributed by atoms with Crippen LogP contribution in [-0.4, -0.2) is 62.9 Å². The maximum absolute atomic E-state index is 11.0. The number of hydrogen-bond acceptors (Lipinski definition) is 10. The highest BCUT2D eigenvalue weighted by atomic mass is 16.5. The number of nitrogens with zero attached hydrogens (tertiary/aromatic N) is 6. The van der Waals surface area contributed by atoms with Gasteiger partial charge in [-0.05, 0) is 26.8 Å². The van der Waals surface area contributed by atoms with Crippen LogP contribution in [0.3, 0.4) is 0 Å². The number of ether oxygens (including phenoxy) is 2. The average Bonchev–Trinajstić information content (AvgIpc) is 2.62. The molecule has 0 spiro atoms.